The second kappa shape index (κ2) is 8.52. The lowest BCUT2D eigenvalue weighted by Crippen LogP contribution is -2.36. The highest BCUT2D eigenvalue weighted by Gasteiger charge is 2.10. The first kappa shape index (κ1) is 19.5. The Morgan fingerprint density at radius 1 is 0.846 bits per heavy atom. The van der Waals surface area contributed by atoms with E-state index in [1.165, 1.54) is 5.56 Å². The minimum atomic E-state index is -0.236. The van der Waals surface area contributed by atoms with E-state index in [2.05, 4.69) is 16.0 Å². The first-order valence-corrected chi connectivity index (χ1v) is 8.72. The zero-order valence-electron chi connectivity index (χ0n) is 16.1. The van der Waals surface area contributed by atoms with E-state index in [9.17, 15) is 9.59 Å². The molecule has 138 valence electrons. The maximum absolute atomic E-state index is 12.1. The molecule has 0 saturated carbocycles. The van der Waals surface area contributed by atoms with E-state index in [0.717, 1.165) is 33.6 Å². The Morgan fingerprint density at radius 2 is 1.50 bits per heavy atom. The summed E-state index contributed by atoms with van der Waals surface area (Å²) < 4.78 is 0. The van der Waals surface area contributed by atoms with E-state index in [0.29, 0.717) is 0 Å². The molecular weight excluding hydrogens is 326 g/mol. The van der Waals surface area contributed by atoms with Crippen LogP contribution in [0.15, 0.2) is 30.3 Å². The lowest BCUT2D eigenvalue weighted by Gasteiger charge is -2.14. The maximum Gasteiger partial charge on any atom is 0.243 e. The number of carbonyl (C=O) groups is 2. The lowest BCUT2D eigenvalue weighted by atomic mass is 10.1. The maximum atomic E-state index is 12.1. The van der Waals surface area contributed by atoms with Crippen LogP contribution in [-0.2, 0) is 9.59 Å². The average Bonchev–Trinajstić information content (AvgIpc) is 2.57. The molecular formula is C21H27N3O2. The summed E-state index contributed by atoms with van der Waals surface area (Å²) in [4.78, 5) is 24.1. The van der Waals surface area contributed by atoms with Crippen molar-refractivity contribution in [3.05, 3.63) is 58.1 Å². The summed E-state index contributed by atoms with van der Waals surface area (Å²) in [6.07, 6.45) is 0. The van der Waals surface area contributed by atoms with Crippen molar-refractivity contribution in [3.63, 3.8) is 0 Å². The quantitative estimate of drug-likeness (QED) is 0.745. The predicted molar refractivity (Wildman–Crippen MR) is 107 cm³/mol. The van der Waals surface area contributed by atoms with Crippen molar-refractivity contribution in [2.45, 2.75) is 34.6 Å². The third-order valence-electron chi connectivity index (χ3n) is 4.43. The van der Waals surface area contributed by atoms with Crippen LogP contribution in [0.1, 0.15) is 27.8 Å². The Hall–Kier alpha value is -2.82. The molecule has 0 aliphatic rings. The summed E-state index contributed by atoms with van der Waals surface area (Å²) in [7, 11) is 0. The molecule has 5 nitrogen and oxygen atoms in total. The third-order valence-corrected chi connectivity index (χ3v) is 4.43. The van der Waals surface area contributed by atoms with Gasteiger partial charge in [-0.05, 0) is 62.9 Å². The highest BCUT2D eigenvalue weighted by molar-refractivity contribution is 5.96. The van der Waals surface area contributed by atoms with Gasteiger partial charge in [0.2, 0.25) is 11.8 Å². The van der Waals surface area contributed by atoms with E-state index >= 15 is 0 Å². The summed E-state index contributed by atoms with van der Waals surface area (Å²) in [6.45, 7) is 10.1. The van der Waals surface area contributed by atoms with Crippen molar-refractivity contribution in [1.29, 1.82) is 0 Å². The Labute approximate surface area is 155 Å². The fourth-order valence-corrected chi connectivity index (χ4v) is 2.92. The van der Waals surface area contributed by atoms with Crippen molar-refractivity contribution < 1.29 is 9.59 Å². The first-order chi connectivity index (χ1) is 12.3. The molecule has 5 heteroatoms. The van der Waals surface area contributed by atoms with Crippen LogP contribution in [0.2, 0.25) is 0 Å². The fraction of sp³-hybridized carbons (Fsp3) is 0.333. The Balaban J connectivity index is 1.84. The number of carbonyl (C=O) groups excluding carboxylic acids is 2. The zero-order chi connectivity index (χ0) is 19.3. The molecule has 0 heterocycles. The van der Waals surface area contributed by atoms with Crippen LogP contribution < -0.4 is 16.0 Å². The molecule has 2 rings (SSSR count). The molecule has 0 spiro atoms. The smallest absolute Gasteiger partial charge is 0.243 e. The summed E-state index contributed by atoms with van der Waals surface area (Å²) in [5.41, 5.74) is 7.20. The van der Waals surface area contributed by atoms with Gasteiger partial charge in [0.15, 0.2) is 0 Å². The van der Waals surface area contributed by atoms with Crippen LogP contribution in [0.3, 0.4) is 0 Å². The minimum Gasteiger partial charge on any atom is -0.376 e. The van der Waals surface area contributed by atoms with Crippen molar-refractivity contribution in [3.8, 4) is 0 Å². The van der Waals surface area contributed by atoms with Gasteiger partial charge < -0.3 is 16.0 Å². The molecule has 0 atom stereocenters. The van der Waals surface area contributed by atoms with Gasteiger partial charge in [-0.25, -0.2) is 0 Å². The highest BCUT2D eigenvalue weighted by atomic mass is 16.2. The molecule has 0 fully saturated rings. The molecule has 3 N–H and O–H groups in total. The van der Waals surface area contributed by atoms with Gasteiger partial charge in [-0.15, -0.1) is 0 Å². The van der Waals surface area contributed by atoms with E-state index in [1.54, 1.807) is 0 Å². The Morgan fingerprint density at radius 3 is 2.15 bits per heavy atom. The Bertz CT molecular complexity index is 805. The molecule has 0 aromatic heterocycles. The third kappa shape index (κ3) is 5.09. The van der Waals surface area contributed by atoms with Crippen LogP contribution in [0, 0.1) is 34.6 Å². The standard InChI is InChI=1S/C21H27N3O2/c1-13-9-15(3)21(16(4)10-13)24-20(26)12-23-19(25)11-22-18-8-6-7-14(2)17(18)5/h6-10,22H,11-12H2,1-5H3,(H,23,25)(H,24,26). The molecule has 0 aliphatic carbocycles. The van der Waals surface area contributed by atoms with E-state index in [-0.39, 0.29) is 24.9 Å². The molecule has 2 amide bonds. The number of rotatable bonds is 6. The first-order valence-electron chi connectivity index (χ1n) is 8.72. The summed E-state index contributed by atoms with van der Waals surface area (Å²) in [5, 5.41) is 8.63. The Kier molecular flexibility index (Phi) is 6.39. The number of hydrogen-bond acceptors (Lipinski definition) is 3. The van der Waals surface area contributed by atoms with Crippen LogP contribution >= 0.6 is 0 Å². The van der Waals surface area contributed by atoms with Crippen LogP contribution in [0.25, 0.3) is 0 Å². The SMILES string of the molecule is Cc1cc(C)c(NC(=O)CNC(=O)CNc2cccc(C)c2C)c(C)c1. The van der Waals surface area contributed by atoms with Crippen LogP contribution in [-0.4, -0.2) is 24.9 Å². The van der Waals surface area contributed by atoms with Gasteiger partial charge in [-0.2, -0.15) is 0 Å². The summed E-state index contributed by atoms with van der Waals surface area (Å²) in [5.74, 6) is -0.460. The molecule has 2 aromatic carbocycles. The molecule has 0 radical (unpaired) electrons. The number of hydrogen-bond donors (Lipinski definition) is 3. The van der Waals surface area contributed by atoms with Gasteiger partial charge in [0.25, 0.3) is 0 Å². The molecule has 26 heavy (non-hydrogen) atoms. The van der Waals surface area contributed by atoms with Crippen molar-refractivity contribution in [2.24, 2.45) is 0 Å². The molecule has 0 saturated heterocycles. The zero-order valence-corrected chi connectivity index (χ0v) is 16.1. The highest BCUT2D eigenvalue weighted by Crippen LogP contribution is 2.21. The van der Waals surface area contributed by atoms with Gasteiger partial charge in [0.1, 0.15) is 0 Å². The number of nitrogens with one attached hydrogen (secondary N) is 3. The van der Waals surface area contributed by atoms with Gasteiger partial charge >= 0.3 is 0 Å². The van der Waals surface area contributed by atoms with Gasteiger partial charge in [0.05, 0.1) is 13.1 Å². The molecule has 2 aromatic rings. The largest absolute Gasteiger partial charge is 0.376 e. The van der Waals surface area contributed by atoms with Gasteiger partial charge in [-0.1, -0.05) is 29.8 Å². The van der Waals surface area contributed by atoms with Crippen molar-refractivity contribution in [1.82, 2.24) is 5.32 Å². The summed E-state index contributed by atoms with van der Waals surface area (Å²) in [6, 6.07) is 9.96. The predicted octanol–water partition coefficient (Wildman–Crippen LogP) is 3.40. The molecule has 0 bridgehead atoms. The normalized spacial score (nSPS) is 10.3. The van der Waals surface area contributed by atoms with Crippen LogP contribution in [0.5, 0.6) is 0 Å². The molecule has 0 unspecified atom stereocenters. The average molecular weight is 353 g/mol. The minimum absolute atomic E-state index is 0.0555. The second-order valence-corrected chi connectivity index (χ2v) is 6.70. The van der Waals surface area contributed by atoms with Crippen molar-refractivity contribution >= 4 is 23.2 Å². The van der Waals surface area contributed by atoms with Gasteiger partial charge in [-0.3, -0.25) is 9.59 Å². The number of amides is 2. The number of benzene rings is 2. The van der Waals surface area contributed by atoms with Crippen LogP contribution in [0.4, 0.5) is 11.4 Å². The lowest BCUT2D eigenvalue weighted by molar-refractivity contribution is -0.122. The topological polar surface area (TPSA) is 70.2 Å². The number of aryl methyl sites for hydroxylation is 4. The van der Waals surface area contributed by atoms with Gasteiger partial charge in [0, 0.05) is 11.4 Å². The van der Waals surface area contributed by atoms with E-state index < -0.39 is 0 Å². The van der Waals surface area contributed by atoms with E-state index in [4.69, 9.17) is 0 Å². The molecule has 0 aliphatic heterocycles. The fourth-order valence-electron chi connectivity index (χ4n) is 2.92. The van der Waals surface area contributed by atoms with E-state index in [1.807, 2.05) is 65.0 Å². The number of anilines is 2. The van der Waals surface area contributed by atoms with Crippen molar-refractivity contribution in [2.75, 3.05) is 23.7 Å². The monoisotopic (exact) mass is 353 g/mol. The second-order valence-electron chi connectivity index (χ2n) is 6.70. The summed E-state index contributed by atoms with van der Waals surface area (Å²) >= 11 is 0.